The molecule has 2 atom stereocenters. The molecular weight excluding hydrogens is 308 g/mol. The maximum atomic E-state index is 6.98. The highest BCUT2D eigenvalue weighted by molar-refractivity contribution is 5.33. The fraction of sp³-hybridized carbons (Fsp3) is 0.905. The third-order valence-corrected chi connectivity index (χ3v) is 7.67. The average Bonchev–Trinajstić information content (AvgIpc) is 2.58. The fourth-order valence-electron chi connectivity index (χ4n) is 6.64. The van der Waals surface area contributed by atoms with Crippen molar-refractivity contribution in [3.8, 4) is 0 Å². The minimum absolute atomic E-state index is 0.0801. The van der Waals surface area contributed by atoms with Crippen molar-refractivity contribution in [2.24, 2.45) is 40.2 Å². The molecule has 3 aliphatic carbocycles. The molecule has 4 nitrogen and oxygen atoms in total. The van der Waals surface area contributed by atoms with Gasteiger partial charge in [-0.25, -0.2) is 0 Å². The van der Waals surface area contributed by atoms with Gasteiger partial charge >= 0.3 is 0 Å². The van der Waals surface area contributed by atoms with Crippen LogP contribution >= 0.6 is 0 Å². The first-order chi connectivity index (χ1) is 11.9. The summed E-state index contributed by atoms with van der Waals surface area (Å²) in [5, 5.41) is 0. The highest BCUT2D eigenvalue weighted by atomic mass is 14.8. The van der Waals surface area contributed by atoms with Gasteiger partial charge in [0, 0.05) is 29.6 Å². The average molecular weight is 349 g/mol. The van der Waals surface area contributed by atoms with Crippen LogP contribution in [0, 0.1) is 17.3 Å². The summed E-state index contributed by atoms with van der Waals surface area (Å²) in [5.74, 6) is 1.27. The van der Waals surface area contributed by atoms with E-state index in [1.54, 1.807) is 0 Å². The van der Waals surface area contributed by atoms with Crippen LogP contribution < -0.4 is 22.9 Å². The van der Waals surface area contributed by atoms with E-state index in [1.165, 1.54) is 36.8 Å². The second-order valence-corrected chi connectivity index (χ2v) is 9.36. The Morgan fingerprint density at radius 1 is 0.680 bits per heavy atom. The quantitative estimate of drug-likeness (QED) is 0.576. The van der Waals surface area contributed by atoms with Gasteiger partial charge in [0.25, 0.3) is 0 Å². The van der Waals surface area contributed by atoms with Gasteiger partial charge in [-0.1, -0.05) is 5.57 Å². The molecule has 3 aliphatic rings. The predicted molar refractivity (Wildman–Crippen MR) is 106 cm³/mol. The van der Waals surface area contributed by atoms with Gasteiger partial charge in [-0.3, -0.25) is 0 Å². The van der Waals surface area contributed by atoms with E-state index in [-0.39, 0.29) is 17.5 Å². The second kappa shape index (κ2) is 7.67. The van der Waals surface area contributed by atoms with Gasteiger partial charge in [0.1, 0.15) is 0 Å². The molecule has 0 spiro atoms. The fourth-order valence-corrected chi connectivity index (χ4v) is 6.64. The topological polar surface area (TPSA) is 104 Å². The lowest BCUT2D eigenvalue weighted by atomic mass is 9.48. The van der Waals surface area contributed by atoms with Crippen LogP contribution in [0.4, 0.5) is 0 Å². The van der Waals surface area contributed by atoms with Crippen LogP contribution in [0.15, 0.2) is 11.1 Å². The molecule has 0 radical (unpaired) electrons. The minimum atomic E-state index is 0.0801. The van der Waals surface area contributed by atoms with Crippen LogP contribution in [0.25, 0.3) is 0 Å². The van der Waals surface area contributed by atoms with Gasteiger partial charge in [-0.05, 0) is 95.5 Å². The number of hydrogen-bond donors (Lipinski definition) is 4. The molecule has 3 fully saturated rings. The maximum absolute atomic E-state index is 6.98. The Labute approximate surface area is 154 Å². The summed E-state index contributed by atoms with van der Waals surface area (Å²) in [6, 6.07) is 1.15. The number of nitrogens with two attached hydrogens (primary N) is 4. The van der Waals surface area contributed by atoms with E-state index >= 15 is 0 Å². The summed E-state index contributed by atoms with van der Waals surface area (Å²) in [4.78, 5) is 0. The van der Waals surface area contributed by atoms with Gasteiger partial charge < -0.3 is 22.9 Å². The first-order valence-corrected chi connectivity index (χ1v) is 10.6. The number of hydrogen-bond acceptors (Lipinski definition) is 4. The van der Waals surface area contributed by atoms with E-state index in [2.05, 4.69) is 13.8 Å². The van der Waals surface area contributed by atoms with Crippen molar-refractivity contribution in [3.63, 3.8) is 0 Å². The third kappa shape index (κ3) is 3.43. The zero-order valence-electron chi connectivity index (χ0n) is 16.3. The molecule has 3 rings (SSSR count). The van der Waals surface area contributed by atoms with E-state index in [9.17, 15) is 0 Å². The molecule has 25 heavy (non-hydrogen) atoms. The summed E-state index contributed by atoms with van der Waals surface area (Å²) in [6.07, 6.45) is 11.5. The molecule has 3 saturated carbocycles. The van der Waals surface area contributed by atoms with E-state index in [0.29, 0.717) is 23.9 Å². The zero-order valence-corrected chi connectivity index (χ0v) is 16.3. The lowest BCUT2D eigenvalue weighted by Gasteiger charge is -2.58. The normalized spacial score (nSPS) is 46.1. The van der Waals surface area contributed by atoms with Gasteiger partial charge in [0.15, 0.2) is 0 Å². The van der Waals surface area contributed by atoms with Crippen molar-refractivity contribution in [2.75, 3.05) is 0 Å². The van der Waals surface area contributed by atoms with Crippen LogP contribution in [-0.4, -0.2) is 24.2 Å². The number of rotatable bonds is 2. The van der Waals surface area contributed by atoms with E-state index in [0.717, 1.165) is 38.5 Å². The highest BCUT2D eigenvalue weighted by Gasteiger charge is 2.55. The second-order valence-electron chi connectivity index (χ2n) is 9.36. The lowest BCUT2D eigenvalue weighted by Crippen LogP contribution is -2.61. The van der Waals surface area contributed by atoms with Crippen LogP contribution in [0.2, 0.25) is 0 Å². The van der Waals surface area contributed by atoms with Crippen molar-refractivity contribution < 1.29 is 0 Å². The summed E-state index contributed by atoms with van der Waals surface area (Å²) in [7, 11) is 0. The Morgan fingerprint density at radius 2 is 1.12 bits per heavy atom. The largest absolute Gasteiger partial charge is 0.328 e. The molecule has 0 aliphatic heterocycles. The molecule has 0 saturated heterocycles. The lowest BCUT2D eigenvalue weighted by molar-refractivity contribution is 0.00574. The van der Waals surface area contributed by atoms with Crippen LogP contribution in [0.5, 0.6) is 0 Å². The van der Waals surface area contributed by atoms with Gasteiger partial charge in [0.2, 0.25) is 0 Å². The Bertz CT molecular complexity index is 458. The van der Waals surface area contributed by atoms with Crippen molar-refractivity contribution in [1.82, 2.24) is 0 Å². The first-order valence-electron chi connectivity index (χ1n) is 10.6. The van der Waals surface area contributed by atoms with Crippen molar-refractivity contribution in [2.45, 2.75) is 102 Å². The summed E-state index contributed by atoms with van der Waals surface area (Å²) < 4.78 is 0. The van der Waals surface area contributed by atoms with Crippen molar-refractivity contribution in [3.05, 3.63) is 11.1 Å². The van der Waals surface area contributed by atoms with Crippen molar-refractivity contribution >= 4 is 0 Å². The van der Waals surface area contributed by atoms with Gasteiger partial charge in [-0.15, -0.1) is 0 Å². The monoisotopic (exact) mass is 348 g/mol. The molecule has 0 aromatic rings. The molecule has 8 N–H and O–H groups in total. The standard InChI is InChI=1S/C21H40N4/c1-13(2)20-18(24)11-12-19(25)21(20,14-3-7-16(22)8-4-14)15-5-9-17(23)10-6-15/h14-19H,3-12,22-25H2,1-2H3. The Morgan fingerprint density at radius 3 is 1.52 bits per heavy atom. The van der Waals surface area contributed by atoms with E-state index < -0.39 is 0 Å². The first kappa shape index (κ1) is 19.3. The highest BCUT2D eigenvalue weighted by Crippen LogP contribution is 2.58. The van der Waals surface area contributed by atoms with Crippen LogP contribution in [0.3, 0.4) is 0 Å². The Kier molecular flexibility index (Phi) is 5.94. The SMILES string of the molecule is CC(C)=C1C(N)CCC(N)C1(C1CCC(N)CC1)C1CCC(N)CC1. The summed E-state index contributed by atoms with van der Waals surface area (Å²) in [6.45, 7) is 4.51. The molecule has 0 heterocycles. The molecular formula is C21H40N4. The predicted octanol–water partition coefficient (Wildman–Crippen LogP) is 2.79. The van der Waals surface area contributed by atoms with Crippen LogP contribution in [-0.2, 0) is 0 Å². The molecule has 0 amide bonds. The summed E-state index contributed by atoms with van der Waals surface area (Å²) >= 11 is 0. The summed E-state index contributed by atoms with van der Waals surface area (Å²) in [5.41, 5.74) is 29.2. The molecule has 0 aromatic carbocycles. The molecule has 4 heteroatoms. The van der Waals surface area contributed by atoms with Gasteiger partial charge in [-0.2, -0.15) is 0 Å². The third-order valence-electron chi connectivity index (χ3n) is 7.67. The Hall–Kier alpha value is -0.420. The molecule has 0 bridgehead atoms. The Balaban J connectivity index is 2.05. The zero-order chi connectivity index (χ0) is 18.2. The molecule has 0 aromatic heterocycles. The van der Waals surface area contributed by atoms with Crippen molar-refractivity contribution in [1.29, 1.82) is 0 Å². The van der Waals surface area contributed by atoms with Gasteiger partial charge in [0.05, 0.1) is 0 Å². The number of allylic oxidation sites excluding steroid dienone is 1. The minimum Gasteiger partial charge on any atom is -0.328 e. The maximum Gasteiger partial charge on any atom is 0.0263 e. The van der Waals surface area contributed by atoms with Crippen LogP contribution in [0.1, 0.15) is 78.1 Å². The van der Waals surface area contributed by atoms with E-state index in [4.69, 9.17) is 22.9 Å². The van der Waals surface area contributed by atoms with E-state index in [1.807, 2.05) is 0 Å². The molecule has 2 unspecified atom stereocenters. The smallest absolute Gasteiger partial charge is 0.0263 e. The molecule has 144 valence electrons.